The van der Waals surface area contributed by atoms with E-state index in [1.807, 2.05) is 13.0 Å². The minimum atomic E-state index is -3.55. The first-order valence-electron chi connectivity index (χ1n) is 10.0. The molecular formula is C20H26ClN5O2S. The van der Waals surface area contributed by atoms with E-state index in [0.717, 1.165) is 24.6 Å². The van der Waals surface area contributed by atoms with Gasteiger partial charge in [-0.05, 0) is 44.4 Å². The van der Waals surface area contributed by atoms with Crippen molar-refractivity contribution < 1.29 is 8.42 Å². The Labute approximate surface area is 177 Å². The summed E-state index contributed by atoms with van der Waals surface area (Å²) < 4.78 is 27.3. The molecule has 2 saturated heterocycles. The van der Waals surface area contributed by atoms with Crippen molar-refractivity contribution in [2.45, 2.75) is 31.1 Å². The minimum absolute atomic E-state index is 0.234. The van der Waals surface area contributed by atoms with Crippen molar-refractivity contribution in [1.29, 1.82) is 0 Å². The van der Waals surface area contributed by atoms with Crippen LogP contribution in [0.1, 0.15) is 25.0 Å². The van der Waals surface area contributed by atoms with Crippen LogP contribution in [0.3, 0.4) is 0 Å². The van der Waals surface area contributed by atoms with Crippen LogP contribution in [0.25, 0.3) is 0 Å². The van der Waals surface area contributed by atoms with Crippen LogP contribution in [0.4, 0.5) is 11.8 Å². The largest absolute Gasteiger partial charge is 0.356 e. The molecule has 29 heavy (non-hydrogen) atoms. The summed E-state index contributed by atoms with van der Waals surface area (Å²) in [6.07, 6.45) is 3.66. The van der Waals surface area contributed by atoms with Gasteiger partial charge in [0, 0.05) is 56.1 Å². The van der Waals surface area contributed by atoms with Crippen molar-refractivity contribution in [2.24, 2.45) is 0 Å². The Morgan fingerprint density at radius 3 is 2.31 bits per heavy atom. The van der Waals surface area contributed by atoms with E-state index in [9.17, 15) is 8.42 Å². The highest BCUT2D eigenvalue weighted by Crippen LogP contribution is 2.24. The van der Waals surface area contributed by atoms with E-state index in [1.54, 1.807) is 18.2 Å². The summed E-state index contributed by atoms with van der Waals surface area (Å²) in [4.78, 5) is 14.0. The van der Waals surface area contributed by atoms with Crippen molar-refractivity contribution in [1.82, 2.24) is 14.3 Å². The second-order valence-electron chi connectivity index (χ2n) is 7.56. The molecule has 156 valence electrons. The second-order valence-corrected chi connectivity index (χ2v) is 9.94. The Balaban J connectivity index is 1.47. The van der Waals surface area contributed by atoms with Gasteiger partial charge in [-0.25, -0.2) is 13.4 Å². The lowest BCUT2D eigenvalue weighted by Gasteiger charge is -2.35. The highest BCUT2D eigenvalue weighted by Gasteiger charge is 2.29. The average Bonchev–Trinajstić information content (AvgIpc) is 2.74. The summed E-state index contributed by atoms with van der Waals surface area (Å²) in [7, 11) is -3.55. The third-order valence-corrected chi connectivity index (χ3v) is 7.59. The van der Waals surface area contributed by atoms with Crippen LogP contribution in [0, 0.1) is 6.92 Å². The van der Waals surface area contributed by atoms with Gasteiger partial charge in [0.2, 0.25) is 16.0 Å². The molecule has 3 heterocycles. The van der Waals surface area contributed by atoms with E-state index in [2.05, 4.69) is 14.8 Å². The molecule has 2 aliphatic rings. The molecule has 0 saturated carbocycles. The summed E-state index contributed by atoms with van der Waals surface area (Å²) >= 11 is 5.97. The number of benzene rings is 1. The summed E-state index contributed by atoms with van der Waals surface area (Å²) in [6.45, 7) is 5.95. The van der Waals surface area contributed by atoms with Crippen molar-refractivity contribution in [3.05, 3.63) is 41.0 Å². The first kappa shape index (κ1) is 20.4. The molecule has 0 N–H and O–H groups in total. The quantitative estimate of drug-likeness (QED) is 0.735. The zero-order chi connectivity index (χ0) is 20.4. The van der Waals surface area contributed by atoms with Crippen molar-refractivity contribution in [3.8, 4) is 0 Å². The van der Waals surface area contributed by atoms with Crippen LogP contribution in [-0.4, -0.2) is 62.0 Å². The molecule has 2 aromatic rings. The zero-order valence-corrected chi connectivity index (χ0v) is 18.2. The van der Waals surface area contributed by atoms with Crippen molar-refractivity contribution >= 4 is 33.4 Å². The van der Waals surface area contributed by atoms with Crippen LogP contribution < -0.4 is 9.80 Å². The molecule has 0 radical (unpaired) electrons. The van der Waals surface area contributed by atoms with E-state index in [1.165, 1.54) is 29.6 Å². The van der Waals surface area contributed by atoms with Crippen LogP contribution in [0.15, 0.2) is 35.2 Å². The number of aromatic nitrogens is 2. The number of sulfonamides is 1. The SMILES string of the molecule is Cc1cc(N2CCCCC2)nc(N2CCN(S(=O)(=O)c3cccc(Cl)c3)CC2)n1. The molecule has 9 heteroatoms. The summed E-state index contributed by atoms with van der Waals surface area (Å²) in [5, 5.41) is 0.420. The molecule has 0 amide bonds. The third-order valence-electron chi connectivity index (χ3n) is 5.46. The molecule has 4 rings (SSSR count). The van der Waals surface area contributed by atoms with Crippen LogP contribution in [0.2, 0.25) is 5.02 Å². The zero-order valence-electron chi connectivity index (χ0n) is 16.6. The van der Waals surface area contributed by atoms with Gasteiger partial charge in [-0.1, -0.05) is 17.7 Å². The molecule has 0 spiro atoms. The summed E-state index contributed by atoms with van der Waals surface area (Å²) in [6, 6.07) is 8.45. The van der Waals surface area contributed by atoms with E-state index in [0.29, 0.717) is 37.1 Å². The molecule has 0 atom stereocenters. The number of rotatable bonds is 4. The lowest BCUT2D eigenvalue weighted by atomic mass is 10.1. The number of nitrogens with zero attached hydrogens (tertiary/aromatic N) is 5. The highest BCUT2D eigenvalue weighted by molar-refractivity contribution is 7.89. The maximum absolute atomic E-state index is 12.9. The standard InChI is InChI=1S/C20H26ClN5O2S/c1-16-14-19(24-8-3-2-4-9-24)23-20(22-16)25-10-12-26(13-11-25)29(27,28)18-7-5-6-17(21)15-18/h5-7,14-15H,2-4,8-13H2,1H3. The van der Waals surface area contributed by atoms with Gasteiger partial charge in [0.15, 0.2) is 0 Å². The Hall–Kier alpha value is -1.90. The van der Waals surface area contributed by atoms with Gasteiger partial charge >= 0.3 is 0 Å². The van der Waals surface area contributed by atoms with Gasteiger partial charge in [0.25, 0.3) is 0 Å². The maximum atomic E-state index is 12.9. The lowest BCUT2D eigenvalue weighted by Crippen LogP contribution is -2.49. The van der Waals surface area contributed by atoms with Crippen LogP contribution in [0.5, 0.6) is 0 Å². The van der Waals surface area contributed by atoms with E-state index >= 15 is 0 Å². The van der Waals surface area contributed by atoms with Gasteiger partial charge in [-0.2, -0.15) is 9.29 Å². The predicted molar refractivity (Wildman–Crippen MR) is 115 cm³/mol. The van der Waals surface area contributed by atoms with E-state index in [4.69, 9.17) is 16.6 Å². The highest BCUT2D eigenvalue weighted by atomic mass is 35.5. The Morgan fingerprint density at radius 1 is 0.897 bits per heavy atom. The van der Waals surface area contributed by atoms with Gasteiger partial charge < -0.3 is 9.80 Å². The predicted octanol–water partition coefficient (Wildman–Crippen LogP) is 2.94. The summed E-state index contributed by atoms with van der Waals surface area (Å²) in [5.41, 5.74) is 0.935. The lowest BCUT2D eigenvalue weighted by molar-refractivity contribution is 0.382. The molecule has 0 bridgehead atoms. The molecule has 7 nitrogen and oxygen atoms in total. The van der Waals surface area contributed by atoms with Gasteiger partial charge in [0.1, 0.15) is 5.82 Å². The van der Waals surface area contributed by atoms with Crippen molar-refractivity contribution in [2.75, 3.05) is 49.1 Å². The van der Waals surface area contributed by atoms with Gasteiger partial charge in [-0.3, -0.25) is 0 Å². The van der Waals surface area contributed by atoms with Gasteiger partial charge in [0.05, 0.1) is 4.90 Å². The third kappa shape index (κ3) is 4.49. The van der Waals surface area contributed by atoms with E-state index in [-0.39, 0.29) is 4.90 Å². The molecule has 1 aromatic heterocycles. The van der Waals surface area contributed by atoms with Crippen molar-refractivity contribution in [3.63, 3.8) is 0 Å². The first-order chi connectivity index (χ1) is 13.9. The maximum Gasteiger partial charge on any atom is 0.243 e. The van der Waals surface area contributed by atoms with Crippen LogP contribution >= 0.6 is 11.6 Å². The molecule has 0 unspecified atom stereocenters. The first-order valence-corrected chi connectivity index (χ1v) is 11.9. The number of anilines is 2. The normalized spacial score (nSPS) is 18.8. The number of hydrogen-bond acceptors (Lipinski definition) is 6. The fraction of sp³-hybridized carbons (Fsp3) is 0.500. The fourth-order valence-electron chi connectivity index (χ4n) is 3.87. The second kappa shape index (κ2) is 8.45. The van der Waals surface area contributed by atoms with Gasteiger partial charge in [-0.15, -0.1) is 0 Å². The Kier molecular flexibility index (Phi) is 5.94. The molecule has 2 fully saturated rings. The Morgan fingerprint density at radius 2 is 1.62 bits per heavy atom. The molecular weight excluding hydrogens is 410 g/mol. The number of piperidine rings is 1. The smallest absolute Gasteiger partial charge is 0.243 e. The number of piperazine rings is 1. The monoisotopic (exact) mass is 435 g/mol. The minimum Gasteiger partial charge on any atom is -0.356 e. The fourth-order valence-corrected chi connectivity index (χ4v) is 5.59. The molecule has 0 aliphatic carbocycles. The number of hydrogen-bond donors (Lipinski definition) is 0. The van der Waals surface area contributed by atoms with E-state index < -0.39 is 10.0 Å². The number of aryl methyl sites for hydroxylation is 1. The average molecular weight is 436 g/mol. The molecule has 2 aliphatic heterocycles. The molecule has 1 aromatic carbocycles. The Bertz CT molecular complexity index is 971. The topological polar surface area (TPSA) is 69.6 Å². The van der Waals surface area contributed by atoms with Crippen LogP contribution in [-0.2, 0) is 10.0 Å². The number of halogens is 1. The summed E-state index contributed by atoms with van der Waals surface area (Å²) in [5.74, 6) is 1.66.